The minimum absolute atomic E-state index is 0.0530. The van der Waals surface area contributed by atoms with Crippen LogP contribution in [0.25, 0.3) is 10.9 Å². The molecule has 0 radical (unpaired) electrons. The molecule has 0 amide bonds. The van der Waals surface area contributed by atoms with Crippen LogP contribution in [0.1, 0.15) is 17.3 Å². The standard InChI is InChI=1S/C11H10N2O2/c1-7(14)8-3-4-10-9(5-8)11(15)13(2)6-12-10/h3-6H,1-2H3. The van der Waals surface area contributed by atoms with E-state index in [-0.39, 0.29) is 11.3 Å². The first-order chi connectivity index (χ1) is 7.09. The Morgan fingerprint density at radius 2 is 2.13 bits per heavy atom. The molecule has 0 fully saturated rings. The lowest BCUT2D eigenvalue weighted by molar-refractivity contribution is 0.101. The summed E-state index contributed by atoms with van der Waals surface area (Å²) in [6.07, 6.45) is 1.47. The van der Waals surface area contributed by atoms with Gasteiger partial charge in [-0.3, -0.25) is 9.59 Å². The summed E-state index contributed by atoms with van der Waals surface area (Å²) in [6, 6.07) is 4.96. The summed E-state index contributed by atoms with van der Waals surface area (Å²) in [5, 5.41) is 0.479. The summed E-state index contributed by atoms with van der Waals surface area (Å²) >= 11 is 0. The van der Waals surface area contributed by atoms with Gasteiger partial charge in [0, 0.05) is 12.6 Å². The van der Waals surface area contributed by atoms with Crippen LogP contribution in [0.15, 0.2) is 29.3 Å². The van der Waals surface area contributed by atoms with Gasteiger partial charge in [0.25, 0.3) is 5.56 Å². The topological polar surface area (TPSA) is 52.0 Å². The lowest BCUT2D eigenvalue weighted by Gasteiger charge is -2.01. The van der Waals surface area contributed by atoms with Gasteiger partial charge in [-0.1, -0.05) is 0 Å². The van der Waals surface area contributed by atoms with Crippen LogP contribution in [0.5, 0.6) is 0 Å². The van der Waals surface area contributed by atoms with E-state index in [1.807, 2.05) is 0 Å². The third-order valence-corrected chi connectivity index (χ3v) is 2.32. The number of nitrogens with zero attached hydrogens (tertiary/aromatic N) is 2. The SMILES string of the molecule is CC(=O)c1ccc2ncn(C)c(=O)c2c1. The number of hydrogen-bond acceptors (Lipinski definition) is 3. The van der Waals surface area contributed by atoms with E-state index in [0.29, 0.717) is 16.5 Å². The highest BCUT2D eigenvalue weighted by Gasteiger charge is 2.05. The predicted molar refractivity (Wildman–Crippen MR) is 57.0 cm³/mol. The molecule has 0 aliphatic heterocycles. The van der Waals surface area contributed by atoms with Gasteiger partial charge in [0.2, 0.25) is 0 Å². The zero-order chi connectivity index (χ0) is 11.0. The van der Waals surface area contributed by atoms with Gasteiger partial charge in [-0.2, -0.15) is 0 Å². The Morgan fingerprint density at radius 1 is 1.40 bits per heavy atom. The largest absolute Gasteiger partial charge is 0.302 e. The Morgan fingerprint density at radius 3 is 2.80 bits per heavy atom. The quantitative estimate of drug-likeness (QED) is 0.651. The van der Waals surface area contributed by atoms with E-state index in [2.05, 4.69) is 4.98 Å². The number of Topliss-reactive ketones (excluding diaryl/α,β-unsaturated/α-hetero) is 1. The maximum absolute atomic E-state index is 11.7. The molecule has 76 valence electrons. The molecule has 0 aliphatic carbocycles. The van der Waals surface area contributed by atoms with Crippen molar-refractivity contribution in [2.75, 3.05) is 0 Å². The first-order valence-corrected chi connectivity index (χ1v) is 4.56. The minimum atomic E-state index is -0.136. The molecule has 0 N–H and O–H groups in total. The van der Waals surface area contributed by atoms with Crippen LogP contribution in [-0.2, 0) is 7.05 Å². The molecule has 0 atom stereocenters. The lowest BCUT2D eigenvalue weighted by Crippen LogP contribution is -2.17. The molecule has 0 unspecified atom stereocenters. The maximum atomic E-state index is 11.7. The highest BCUT2D eigenvalue weighted by Crippen LogP contribution is 2.10. The molecular formula is C11H10N2O2. The van der Waals surface area contributed by atoms with Crippen molar-refractivity contribution >= 4 is 16.7 Å². The van der Waals surface area contributed by atoms with Crippen molar-refractivity contribution < 1.29 is 4.79 Å². The summed E-state index contributed by atoms with van der Waals surface area (Å²) in [5.74, 6) is -0.0530. The molecule has 2 aromatic rings. The fourth-order valence-corrected chi connectivity index (χ4v) is 1.43. The van der Waals surface area contributed by atoms with E-state index < -0.39 is 0 Å². The number of rotatable bonds is 1. The second-order valence-corrected chi connectivity index (χ2v) is 3.45. The van der Waals surface area contributed by atoms with Gasteiger partial charge in [-0.25, -0.2) is 4.98 Å². The zero-order valence-electron chi connectivity index (χ0n) is 8.52. The molecule has 15 heavy (non-hydrogen) atoms. The number of aromatic nitrogens is 2. The molecule has 2 rings (SSSR count). The van der Waals surface area contributed by atoms with Crippen LogP contribution in [0, 0.1) is 0 Å². The highest BCUT2D eigenvalue weighted by atomic mass is 16.1. The molecule has 4 heteroatoms. The molecule has 1 aromatic carbocycles. The zero-order valence-corrected chi connectivity index (χ0v) is 8.52. The van der Waals surface area contributed by atoms with Gasteiger partial charge in [0.05, 0.1) is 17.2 Å². The average molecular weight is 202 g/mol. The van der Waals surface area contributed by atoms with Crippen molar-refractivity contribution in [3.05, 3.63) is 40.4 Å². The number of aryl methyl sites for hydroxylation is 1. The van der Waals surface area contributed by atoms with Crippen molar-refractivity contribution in [1.29, 1.82) is 0 Å². The Kier molecular flexibility index (Phi) is 2.11. The molecule has 0 bridgehead atoms. The monoisotopic (exact) mass is 202 g/mol. The van der Waals surface area contributed by atoms with Crippen molar-refractivity contribution in [2.24, 2.45) is 7.05 Å². The smallest absolute Gasteiger partial charge is 0.260 e. The summed E-state index contributed by atoms with van der Waals surface area (Å²) in [7, 11) is 1.63. The second kappa shape index (κ2) is 3.31. The first-order valence-electron chi connectivity index (χ1n) is 4.56. The Balaban J connectivity index is 2.85. The van der Waals surface area contributed by atoms with E-state index in [4.69, 9.17) is 0 Å². The average Bonchev–Trinajstić information content (AvgIpc) is 2.23. The van der Waals surface area contributed by atoms with Crippen LogP contribution in [0.2, 0.25) is 0 Å². The molecule has 1 heterocycles. The number of carbonyl (C=O) groups excluding carboxylic acids is 1. The van der Waals surface area contributed by atoms with Crippen molar-refractivity contribution in [3.8, 4) is 0 Å². The highest BCUT2D eigenvalue weighted by molar-refractivity contribution is 5.97. The van der Waals surface area contributed by atoms with Gasteiger partial charge in [0.15, 0.2) is 5.78 Å². The number of hydrogen-bond donors (Lipinski definition) is 0. The van der Waals surface area contributed by atoms with E-state index in [1.54, 1.807) is 25.2 Å². The summed E-state index contributed by atoms with van der Waals surface area (Å²) in [4.78, 5) is 27.0. The number of ketones is 1. The Labute approximate surface area is 86.2 Å². The first kappa shape index (κ1) is 9.58. The number of benzene rings is 1. The van der Waals surface area contributed by atoms with Crippen LogP contribution in [0.3, 0.4) is 0 Å². The van der Waals surface area contributed by atoms with Crippen LogP contribution in [-0.4, -0.2) is 15.3 Å². The fourth-order valence-electron chi connectivity index (χ4n) is 1.43. The van der Waals surface area contributed by atoms with Gasteiger partial charge in [-0.15, -0.1) is 0 Å². The molecule has 0 saturated heterocycles. The molecule has 1 aromatic heterocycles. The van der Waals surface area contributed by atoms with Gasteiger partial charge in [-0.05, 0) is 25.1 Å². The lowest BCUT2D eigenvalue weighted by atomic mass is 10.1. The minimum Gasteiger partial charge on any atom is -0.302 e. The Bertz CT molecular complexity index is 599. The third-order valence-electron chi connectivity index (χ3n) is 2.32. The van der Waals surface area contributed by atoms with Crippen LogP contribution < -0.4 is 5.56 Å². The van der Waals surface area contributed by atoms with Crippen LogP contribution >= 0.6 is 0 Å². The van der Waals surface area contributed by atoms with E-state index in [0.717, 1.165) is 0 Å². The molecule has 0 spiro atoms. The Hall–Kier alpha value is -1.97. The maximum Gasteiger partial charge on any atom is 0.260 e. The molecule has 0 saturated carbocycles. The van der Waals surface area contributed by atoms with Gasteiger partial charge >= 0.3 is 0 Å². The van der Waals surface area contributed by atoms with Gasteiger partial charge in [0.1, 0.15) is 0 Å². The van der Waals surface area contributed by atoms with E-state index >= 15 is 0 Å². The van der Waals surface area contributed by atoms with Crippen molar-refractivity contribution in [3.63, 3.8) is 0 Å². The van der Waals surface area contributed by atoms with E-state index in [1.165, 1.54) is 17.8 Å². The summed E-state index contributed by atoms with van der Waals surface area (Å²) < 4.78 is 1.40. The van der Waals surface area contributed by atoms with Crippen molar-refractivity contribution in [1.82, 2.24) is 9.55 Å². The van der Waals surface area contributed by atoms with Gasteiger partial charge < -0.3 is 4.57 Å². The third kappa shape index (κ3) is 1.54. The number of carbonyl (C=O) groups is 1. The van der Waals surface area contributed by atoms with Crippen molar-refractivity contribution in [2.45, 2.75) is 6.92 Å². The van der Waals surface area contributed by atoms with E-state index in [9.17, 15) is 9.59 Å². The molecular weight excluding hydrogens is 192 g/mol. The summed E-state index contributed by atoms with van der Waals surface area (Å²) in [5.41, 5.74) is 1.01. The second-order valence-electron chi connectivity index (χ2n) is 3.45. The molecule has 0 aliphatic rings. The van der Waals surface area contributed by atoms with Crippen LogP contribution in [0.4, 0.5) is 0 Å². The molecule has 4 nitrogen and oxygen atoms in total. The normalized spacial score (nSPS) is 10.5. The summed E-state index contributed by atoms with van der Waals surface area (Å²) in [6.45, 7) is 1.47. The number of fused-ring (bicyclic) bond motifs is 1. The predicted octanol–water partition coefficient (Wildman–Crippen LogP) is 1.14. The fraction of sp³-hybridized carbons (Fsp3) is 0.182.